The van der Waals surface area contributed by atoms with E-state index in [1.165, 1.54) is 5.56 Å². The van der Waals surface area contributed by atoms with Gasteiger partial charge in [0.2, 0.25) is 0 Å². The molecule has 1 heterocycles. The number of nitrogens with zero attached hydrogens (tertiary/aromatic N) is 1. The Kier molecular flexibility index (Phi) is 4.04. The third-order valence-corrected chi connectivity index (χ3v) is 3.35. The molecule has 0 amide bonds. The third kappa shape index (κ3) is 2.92. The largest absolute Gasteiger partial charge is 0.361 e. The zero-order valence-corrected chi connectivity index (χ0v) is 11.6. The monoisotopic (exact) mass is 264 g/mol. The van der Waals surface area contributed by atoms with E-state index in [1.54, 1.807) is 0 Å². The van der Waals surface area contributed by atoms with Crippen molar-refractivity contribution in [3.8, 4) is 0 Å². The summed E-state index contributed by atoms with van der Waals surface area (Å²) in [4.78, 5) is 0. The van der Waals surface area contributed by atoms with Crippen molar-refractivity contribution in [1.29, 1.82) is 0 Å². The van der Waals surface area contributed by atoms with Crippen molar-refractivity contribution in [2.45, 2.75) is 33.4 Å². The van der Waals surface area contributed by atoms with Crippen molar-refractivity contribution in [1.82, 2.24) is 10.5 Å². The van der Waals surface area contributed by atoms with E-state index in [9.17, 15) is 0 Å². The first-order chi connectivity index (χ1) is 8.58. The summed E-state index contributed by atoms with van der Waals surface area (Å²) in [5.41, 5.74) is 3.25. The molecule has 96 valence electrons. The van der Waals surface area contributed by atoms with Gasteiger partial charge in [0, 0.05) is 23.2 Å². The zero-order chi connectivity index (χ0) is 13.1. The molecule has 0 radical (unpaired) electrons. The Morgan fingerprint density at radius 2 is 2.17 bits per heavy atom. The second-order valence-corrected chi connectivity index (χ2v) is 4.90. The first-order valence-corrected chi connectivity index (χ1v) is 6.36. The molecule has 0 aliphatic rings. The lowest BCUT2D eigenvalue weighted by Crippen LogP contribution is -2.18. The topological polar surface area (TPSA) is 38.1 Å². The smallest absolute Gasteiger partial charge is 0.138 e. The molecule has 2 aromatic rings. The molecule has 0 bridgehead atoms. The van der Waals surface area contributed by atoms with E-state index < -0.39 is 0 Å². The third-order valence-electron chi connectivity index (χ3n) is 3.11. The van der Waals surface area contributed by atoms with Gasteiger partial charge in [-0.05, 0) is 38.5 Å². The summed E-state index contributed by atoms with van der Waals surface area (Å²) in [7, 11) is 0. The number of hydrogen-bond donors (Lipinski definition) is 1. The lowest BCUT2D eigenvalue weighted by atomic mass is 10.1. The molecule has 0 spiro atoms. The average molecular weight is 265 g/mol. The molecule has 18 heavy (non-hydrogen) atoms. The van der Waals surface area contributed by atoms with Crippen LogP contribution in [-0.4, -0.2) is 5.16 Å². The Balaban J connectivity index is 2.02. The van der Waals surface area contributed by atoms with Crippen molar-refractivity contribution in [2.24, 2.45) is 0 Å². The van der Waals surface area contributed by atoms with Crippen LogP contribution in [0, 0.1) is 13.8 Å². The van der Waals surface area contributed by atoms with Gasteiger partial charge in [-0.3, -0.25) is 0 Å². The second kappa shape index (κ2) is 5.55. The maximum atomic E-state index is 5.99. The minimum atomic E-state index is 0.234. The molecule has 1 aromatic heterocycles. The van der Waals surface area contributed by atoms with Gasteiger partial charge in [-0.25, -0.2) is 0 Å². The molecule has 0 aliphatic heterocycles. The predicted octanol–water partition coefficient (Wildman–Crippen LogP) is 3.80. The molecular weight excluding hydrogens is 248 g/mol. The molecule has 0 fully saturated rings. The van der Waals surface area contributed by atoms with Gasteiger partial charge >= 0.3 is 0 Å². The highest BCUT2D eigenvalue weighted by Crippen LogP contribution is 2.19. The van der Waals surface area contributed by atoms with Crippen LogP contribution >= 0.6 is 11.6 Å². The second-order valence-electron chi connectivity index (χ2n) is 4.46. The van der Waals surface area contributed by atoms with Crippen LogP contribution in [0.5, 0.6) is 0 Å². The summed E-state index contributed by atoms with van der Waals surface area (Å²) in [6.45, 7) is 6.75. The Morgan fingerprint density at radius 1 is 1.39 bits per heavy atom. The van der Waals surface area contributed by atoms with Gasteiger partial charge in [-0.1, -0.05) is 28.9 Å². The lowest BCUT2D eigenvalue weighted by molar-refractivity contribution is 0.391. The minimum Gasteiger partial charge on any atom is -0.361 e. The average Bonchev–Trinajstić information content (AvgIpc) is 2.66. The van der Waals surface area contributed by atoms with E-state index in [4.69, 9.17) is 16.1 Å². The summed E-state index contributed by atoms with van der Waals surface area (Å²) in [6.07, 6.45) is 0. The van der Waals surface area contributed by atoms with Crippen LogP contribution in [0.1, 0.15) is 35.5 Å². The van der Waals surface area contributed by atoms with Gasteiger partial charge in [0.25, 0.3) is 0 Å². The fraction of sp³-hybridized carbons (Fsp3) is 0.357. The molecule has 1 N–H and O–H groups in total. The maximum Gasteiger partial charge on any atom is 0.138 e. The highest BCUT2D eigenvalue weighted by Gasteiger charge is 2.11. The lowest BCUT2D eigenvalue weighted by Gasteiger charge is -2.14. The summed E-state index contributed by atoms with van der Waals surface area (Å²) in [6, 6.07) is 8.12. The van der Waals surface area contributed by atoms with E-state index in [1.807, 2.05) is 32.0 Å². The minimum absolute atomic E-state index is 0.234. The van der Waals surface area contributed by atoms with E-state index in [-0.39, 0.29) is 6.04 Å². The first-order valence-electron chi connectivity index (χ1n) is 5.98. The Morgan fingerprint density at radius 3 is 2.78 bits per heavy atom. The van der Waals surface area contributed by atoms with Gasteiger partial charge in [-0.15, -0.1) is 0 Å². The quantitative estimate of drug-likeness (QED) is 0.913. The Hall–Kier alpha value is -1.32. The van der Waals surface area contributed by atoms with Crippen LogP contribution in [0.25, 0.3) is 0 Å². The molecule has 0 saturated carbocycles. The molecule has 4 heteroatoms. The van der Waals surface area contributed by atoms with E-state index >= 15 is 0 Å². The normalized spacial score (nSPS) is 12.7. The van der Waals surface area contributed by atoms with Crippen LogP contribution in [0.3, 0.4) is 0 Å². The number of nitrogens with one attached hydrogen (secondary N) is 1. The first kappa shape index (κ1) is 13.1. The molecule has 3 nitrogen and oxygen atoms in total. The summed E-state index contributed by atoms with van der Waals surface area (Å²) in [5, 5.41) is 8.16. The number of aryl methyl sites for hydroxylation is 2. The van der Waals surface area contributed by atoms with Gasteiger partial charge < -0.3 is 9.84 Å². The predicted molar refractivity (Wildman–Crippen MR) is 72.7 cm³/mol. The Bertz CT molecular complexity index is 517. The SMILES string of the molecule is Cc1noc(C)c1CN[C@@H](C)c1cccc(Cl)c1. The van der Waals surface area contributed by atoms with Gasteiger partial charge in [0.05, 0.1) is 5.69 Å². The van der Waals surface area contributed by atoms with Crippen LogP contribution in [0.4, 0.5) is 0 Å². The van der Waals surface area contributed by atoms with Gasteiger partial charge in [0.15, 0.2) is 0 Å². The van der Waals surface area contributed by atoms with Crippen LogP contribution < -0.4 is 5.32 Å². The van der Waals surface area contributed by atoms with Crippen molar-refractivity contribution >= 4 is 11.6 Å². The van der Waals surface area contributed by atoms with Crippen LogP contribution in [0.15, 0.2) is 28.8 Å². The molecule has 1 aromatic carbocycles. The number of aromatic nitrogens is 1. The molecular formula is C14H17ClN2O. The van der Waals surface area contributed by atoms with E-state index in [2.05, 4.69) is 23.5 Å². The fourth-order valence-electron chi connectivity index (χ4n) is 1.90. The molecule has 0 saturated heterocycles. The van der Waals surface area contributed by atoms with E-state index in [0.29, 0.717) is 0 Å². The van der Waals surface area contributed by atoms with Crippen LogP contribution in [0.2, 0.25) is 5.02 Å². The zero-order valence-electron chi connectivity index (χ0n) is 10.8. The summed E-state index contributed by atoms with van der Waals surface area (Å²) < 4.78 is 5.14. The van der Waals surface area contributed by atoms with Crippen molar-refractivity contribution < 1.29 is 4.52 Å². The molecule has 1 atom stereocenters. The summed E-state index contributed by atoms with van der Waals surface area (Å²) >= 11 is 5.99. The van der Waals surface area contributed by atoms with Crippen molar-refractivity contribution in [2.75, 3.05) is 0 Å². The highest BCUT2D eigenvalue weighted by atomic mass is 35.5. The number of halogens is 1. The molecule has 0 aliphatic carbocycles. The maximum absolute atomic E-state index is 5.99. The Labute approximate surface area is 112 Å². The number of benzene rings is 1. The molecule has 0 unspecified atom stereocenters. The van der Waals surface area contributed by atoms with Gasteiger partial charge in [-0.2, -0.15) is 0 Å². The van der Waals surface area contributed by atoms with Gasteiger partial charge in [0.1, 0.15) is 5.76 Å². The van der Waals surface area contributed by atoms with Crippen LogP contribution in [-0.2, 0) is 6.54 Å². The van der Waals surface area contributed by atoms with Crippen molar-refractivity contribution in [3.05, 3.63) is 51.9 Å². The summed E-state index contributed by atoms with van der Waals surface area (Å²) in [5.74, 6) is 0.873. The fourth-order valence-corrected chi connectivity index (χ4v) is 2.10. The van der Waals surface area contributed by atoms with Crippen molar-refractivity contribution in [3.63, 3.8) is 0 Å². The standard InChI is InChI=1S/C14H17ClN2O/c1-9(12-5-4-6-13(15)7-12)16-8-14-10(2)17-18-11(14)3/h4-7,9,16H,8H2,1-3H3/t9-/m0/s1. The number of rotatable bonds is 4. The number of hydrogen-bond acceptors (Lipinski definition) is 3. The molecule has 2 rings (SSSR count). The van der Waals surface area contributed by atoms with E-state index in [0.717, 1.165) is 28.6 Å². The highest BCUT2D eigenvalue weighted by molar-refractivity contribution is 6.30.